The maximum Gasteiger partial charge on any atom is 0.0931 e. The maximum absolute atomic E-state index is 5.95. The minimum absolute atomic E-state index is 0.123. The van der Waals surface area contributed by atoms with Gasteiger partial charge in [-0.15, -0.1) is 11.3 Å². The Bertz CT molecular complexity index is 481. The smallest absolute Gasteiger partial charge is 0.0931 e. The zero-order chi connectivity index (χ0) is 11.5. The van der Waals surface area contributed by atoms with E-state index in [1.165, 1.54) is 4.88 Å². The second kappa shape index (κ2) is 4.95. The predicted octanol–water partition coefficient (Wildman–Crippen LogP) is 3.41. The van der Waals surface area contributed by atoms with Crippen molar-refractivity contribution in [3.63, 3.8) is 0 Å². The van der Waals surface area contributed by atoms with Crippen molar-refractivity contribution in [1.82, 2.24) is 10.3 Å². The van der Waals surface area contributed by atoms with Gasteiger partial charge in [-0.3, -0.25) is 4.98 Å². The minimum Gasteiger partial charge on any atom is -0.307 e. The summed E-state index contributed by atoms with van der Waals surface area (Å²) in [6, 6.07) is 10.1. The Morgan fingerprint density at radius 3 is 2.69 bits per heavy atom. The number of aryl methyl sites for hydroxylation is 1. The molecule has 2 aromatic rings. The quantitative estimate of drug-likeness (QED) is 0.906. The molecule has 0 spiro atoms. The molecule has 16 heavy (non-hydrogen) atoms. The highest BCUT2D eigenvalue weighted by Crippen LogP contribution is 2.29. The number of thiophene rings is 1. The maximum atomic E-state index is 5.95. The highest BCUT2D eigenvalue weighted by molar-refractivity contribution is 7.16. The molecule has 2 heterocycles. The van der Waals surface area contributed by atoms with E-state index in [0.29, 0.717) is 0 Å². The first-order valence-electron chi connectivity index (χ1n) is 5.07. The van der Waals surface area contributed by atoms with E-state index in [0.717, 1.165) is 15.7 Å². The topological polar surface area (TPSA) is 24.9 Å². The Labute approximate surface area is 104 Å². The van der Waals surface area contributed by atoms with Crippen LogP contribution in [0.3, 0.4) is 0 Å². The molecule has 2 nitrogen and oxygen atoms in total. The number of aromatic nitrogens is 1. The monoisotopic (exact) mass is 252 g/mol. The second-order valence-electron chi connectivity index (χ2n) is 3.57. The van der Waals surface area contributed by atoms with Crippen molar-refractivity contribution in [1.29, 1.82) is 0 Å². The van der Waals surface area contributed by atoms with E-state index >= 15 is 0 Å². The van der Waals surface area contributed by atoms with Gasteiger partial charge in [0.25, 0.3) is 0 Å². The van der Waals surface area contributed by atoms with E-state index in [1.54, 1.807) is 11.3 Å². The summed E-state index contributed by atoms with van der Waals surface area (Å²) in [6.45, 7) is 2.00. The molecular formula is C12H13ClN2S. The summed E-state index contributed by atoms with van der Waals surface area (Å²) >= 11 is 7.53. The zero-order valence-corrected chi connectivity index (χ0v) is 10.8. The molecule has 1 N–H and O–H groups in total. The molecule has 0 amide bonds. The first-order chi connectivity index (χ1) is 7.70. The van der Waals surface area contributed by atoms with Gasteiger partial charge in [-0.1, -0.05) is 17.7 Å². The third-order valence-corrected chi connectivity index (χ3v) is 3.67. The van der Waals surface area contributed by atoms with Crippen LogP contribution >= 0.6 is 22.9 Å². The highest BCUT2D eigenvalue weighted by Gasteiger charge is 2.15. The number of nitrogens with one attached hydrogen (secondary N) is 1. The van der Waals surface area contributed by atoms with Gasteiger partial charge in [-0.2, -0.15) is 0 Å². The molecule has 4 heteroatoms. The molecule has 0 aliphatic carbocycles. The first kappa shape index (κ1) is 11.6. The molecule has 0 fully saturated rings. The van der Waals surface area contributed by atoms with Crippen molar-refractivity contribution in [3.05, 3.63) is 50.9 Å². The summed E-state index contributed by atoms with van der Waals surface area (Å²) in [7, 11) is 1.93. The summed E-state index contributed by atoms with van der Waals surface area (Å²) in [5.74, 6) is 0. The standard InChI is InChI=1S/C12H13ClN2S/c1-8-4-3-5-9(15-8)12(14-2)10-6-7-11(13)16-10/h3-7,12,14H,1-2H3. The van der Waals surface area contributed by atoms with Gasteiger partial charge in [0.15, 0.2) is 0 Å². The number of pyridine rings is 1. The molecule has 0 aliphatic heterocycles. The molecule has 1 atom stereocenters. The molecule has 0 aromatic carbocycles. The highest BCUT2D eigenvalue weighted by atomic mass is 35.5. The summed E-state index contributed by atoms with van der Waals surface area (Å²) in [4.78, 5) is 5.72. The fraction of sp³-hybridized carbons (Fsp3) is 0.250. The lowest BCUT2D eigenvalue weighted by atomic mass is 10.1. The van der Waals surface area contributed by atoms with Crippen LogP contribution in [0.4, 0.5) is 0 Å². The number of hydrogen-bond acceptors (Lipinski definition) is 3. The van der Waals surface area contributed by atoms with Crippen molar-refractivity contribution in [2.45, 2.75) is 13.0 Å². The summed E-state index contributed by atoms with van der Waals surface area (Å²) in [5, 5.41) is 3.26. The first-order valence-corrected chi connectivity index (χ1v) is 6.26. The van der Waals surface area contributed by atoms with E-state index in [-0.39, 0.29) is 6.04 Å². The fourth-order valence-corrected chi connectivity index (χ4v) is 2.83. The van der Waals surface area contributed by atoms with E-state index in [1.807, 2.05) is 44.3 Å². The van der Waals surface area contributed by atoms with Gasteiger partial charge >= 0.3 is 0 Å². The molecule has 0 aliphatic rings. The minimum atomic E-state index is 0.123. The van der Waals surface area contributed by atoms with Gasteiger partial charge in [-0.25, -0.2) is 0 Å². The summed E-state index contributed by atoms with van der Waals surface area (Å²) in [5.41, 5.74) is 2.06. The number of halogens is 1. The van der Waals surface area contributed by atoms with Crippen molar-refractivity contribution in [3.8, 4) is 0 Å². The van der Waals surface area contributed by atoms with Crippen LogP contribution in [-0.2, 0) is 0 Å². The number of hydrogen-bond donors (Lipinski definition) is 1. The molecule has 84 valence electrons. The van der Waals surface area contributed by atoms with Crippen LogP contribution in [0, 0.1) is 6.92 Å². The van der Waals surface area contributed by atoms with Gasteiger partial charge < -0.3 is 5.32 Å². The van der Waals surface area contributed by atoms with Gasteiger partial charge in [0.2, 0.25) is 0 Å². The molecule has 0 saturated heterocycles. The number of rotatable bonds is 3. The van der Waals surface area contributed by atoms with E-state index in [4.69, 9.17) is 11.6 Å². The number of nitrogens with zero attached hydrogens (tertiary/aromatic N) is 1. The van der Waals surface area contributed by atoms with Crippen LogP contribution in [-0.4, -0.2) is 12.0 Å². The lowest BCUT2D eigenvalue weighted by molar-refractivity contribution is 0.680. The molecule has 0 radical (unpaired) electrons. The van der Waals surface area contributed by atoms with Crippen molar-refractivity contribution < 1.29 is 0 Å². The Hall–Kier alpha value is -0.900. The SMILES string of the molecule is CNC(c1cccc(C)n1)c1ccc(Cl)s1. The summed E-state index contributed by atoms with van der Waals surface area (Å²) in [6.07, 6.45) is 0. The molecule has 2 rings (SSSR count). The third-order valence-electron chi connectivity index (χ3n) is 2.37. The van der Waals surface area contributed by atoms with Gasteiger partial charge in [0.05, 0.1) is 16.1 Å². The van der Waals surface area contributed by atoms with Crippen LogP contribution in [0.1, 0.15) is 22.3 Å². The predicted molar refractivity (Wildman–Crippen MR) is 69.2 cm³/mol. The average Bonchev–Trinajstić information content (AvgIpc) is 2.66. The van der Waals surface area contributed by atoms with Gasteiger partial charge in [0, 0.05) is 10.6 Å². The third kappa shape index (κ3) is 2.43. The van der Waals surface area contributed by atoms with E-state index in [2.05, 4.69) is 10.3 Å². The van der Waals surface area contributed by atoms with Crippen LogP contribution < -0.4 is 5.32 Å². The molecule has 1 unspecified atom stereocenters. The molecule has 0 bridgehead atoms. The van der Waals surface area contributed by atoms with E-state index in [9.17, 15) is 0 Å². The Kier molecular flexibility index (Phi) is 3.59. The second-order valence-corrected chi connectivity index (χ2v) is 5.31. The zero-order valence-electron chi connectivity index (χ0n) is 9.20. The van der Waals surface area contributed by atoms with Crippen molar-refractivity contribution in [2.24, 2.45) is 0 Å². The van der Waals surface area contributed by atoms with E-state index < -0.39 is 0 Å². The Morgan fingerprint density at radius 2 is 2.12 bits per heavy atom. The Balaban J connectivity index is 2.36. The fourth-order valence-electron chi connectivity index (χ4n) is 1.64. The molecule has 2 aromatic heterocycles. The summed E-state index contributed by atoms with van der Waals surface area (Å²) < 4.78 is 0.808. The normalized spacial score (nSPS) is 12.7. The lowest BCUT2D eigenvalue weighted by Gasteiger charge is -2.14. The van der Waals surface area contributed by atoms with Gasteiger partial charge in [-0.05, 0) is 38.2 Å². The lowest BCUT2D eigenvalue weighted by Crippen LogP contribution is -2.17. The van der Waals surface area contributed by atoms with Gasteiger partial charge in [0.1, 0.15) is 0 Å². The average molecular weight is 253 g/mol. The van der Waals surface area contributed by atoms with Crippen molar-refractivity contribution >= 4 is 22.9 Å². The Morgan fingerprint density at radius 1 is 1.31 bits per heavy atom. The van der Waals surface area contributed by atoms with Crippen LogP contribution in [0.15, 0.2) is 30.3 Å². The largest absolute Gasteiger partial charge is 0.307 e. The van der Waals surface area contributed by atoms with Crippen LogP contribution in [0.2, 0.25) is 4.34 Å². The molecular weight excluding hydrogens is 240 g/mol. The van der Waals surface area contributed by atoms with Crippen molar-refractivity contribution in [2.75, 3.05) is 7.05 Å². The van der Waals surface area contributed by atoms with Crippen LogP contribution in [0.25, 0.3) is 0 Å². The molecule has 0 saturated carbocycles. The van der Waals surface area contributed by atoms with Crippen LogP contribution in [0.5, 0.6) is 0 Å².